The van der Waals surface area contributed by atoms with Gasteiger partial charge in [0.2, 0.25) is 0 Å². The van der Waals surface area contributed by atoms with Gasteiger partial charge in [0, 0.05) is 12.5 Å². The van der Waals surface area contributed by atoms with Crippen molar-refractivity contribution in [1.29, 1.82) is 0 Å². The normalized spacial score (nSPS) is 15.8. The maximum Gasteiger partial charge on any atom is 0.283 e. The van der Waals surface area contributed by atoms with Gasteiger partial charge in [-0.05, 0) is 24.3 Å². The zero-order chi connectivity index (χ0) is 20.3. The van der Waals surface area contributed by atoms with E-state index in [0.717, 1.165) is 35.3 Å². The minimum absolute atomic E-state index is 0.0949. The first-order valence-electron chi connectivity index (χ1n) is 8.39. The van der Waals surface area contributed by atoms with Crippen LogP contribution in [0.25, 0.3) is 10.9 Å². The van der Waals surface area contributed by atoms with Gasteiger partial charge in [-0.1, -0.05) is 29.8 Å². The summed E-state index contributed by atoms with van der Waals surface area (Å²) < 4.78 is 67.1. The van der Waals surface area contributed by atoms with Crippen molar-refractivity contribution >= 4 is 38.3 Å². The van der Waals surface area contributed by atoms with E-state index in [1.807, 2.05) is 0 Å². The zero-order valence-corrected chi connectivity index (χ0v) is 16.2. The Morgan fingerprint density at radius 2 is 1.79 bits per heavy atom. The molecule has 1 aliphatic rings. The highest BCUT2D eigenvalue weighted by molar-refractivity contribution is 7.90. The fraction of sp³-hybridized carbons (Fsp3) is 0.278. The Kier molecular flexibility index (Phi) is 4.35. The molecule has 5 nitrogen and oxygen atoms in total. The van der Waals surface area contributed by atoms with Crippen molar-refractivity contribution in [2.24, 2.45) is 0 Å². The van der Waals surface area contributed by atoms with Crippen LogP contribution in [0.2, 0.25) is 5.02 Å². The Morgan fingerprint density at radius 3 is 2.36 bits per heavy atom. The number of fused-ring (bicyclic) bond motifs is 1. The van der Waals surface area contributed by atoms with E-state index in [1.165, 1.54) is 6.07 Å². The highest BCUT2D eigenvalue weighted by Gasteiger charge is 2.33. The molecule has 0 unspecified atom stereocenters. The summed E-state index contributed by atoms with van der Waals surface area (Å²) in [6.07, 6.45) is -1.01. The van der Waals surface area contributed by atoms with Gasteiger partial charge in [-0.3, -0.25) is 0 Å². The van der Waals surface area contributed by atoms with Crippen molar-refractivity contribution in [3.8, 4) is 0 Å². The number of aromatic nitrogens is 2. The van der Waals surface area contributed by atoms with Gasteiger partial charge in [0.25, 0.3) is 15.9 Å². The molecule has 28 heavy (non-hydrogen) atoms. The van der Waals surface area contributed by atoms with Crippen LogP contribution in [0.4, 0.5) is 19.0 Å². The van der Waals surface area contributed by atoms with Gasteiger partial charge in [0.1, 0.15) is 6.17 Å². The van der Waals surface area contributed by atoms with Crippen LogP contribution in [0.1, 0.15) is 12.5 Å². The number of halogens is 4. The molecule has 0 amide bonds. The van der Waals surface area contributed by atoms with Crippen LogP contribution in [0, 0.1) is 0 Å². The van der Waals surface area contributed by atoms with Crippen LogP contribution in [-0.4, -0.2) is 36.9 Å². The number of rotatable bonds is 4. The van der Waals surface area contributed by atoms with E-state index in [4.69, 9.17) is 11.6 Å². The minimum atomic E-state index is -4.17. The lowest BCUT2D eigenvalue weighted by Gasteiger charge is -2.34. The van der Waals surface area contributed by atoms with Crippen LogP contribution in [0.3, 0.4) is 0 Å². The number of nitrogens with zero attached hydrogens (tertiary/aromatic N) is 3. The zero-order valence-electron chi connectivity index (χ0n) is 14.6. The maximum absolute atomic E-state index is 13.4. The van der Waals surface area contributed by atoms with E-state index in [2.05, 4.69) is 5.10 Å². The quantitative estimate of drug-likeness (QED) is 0.624. The topological polar surface area (TPSA) is 55.2 Å². The van der Waals surface area contributed by atoms with E-state index in [0.29, 0.717) is 5.39 Å². The standard InChI is InChI=1S/C18H15ClF3N3O2S/c1-18(21,22)11-5-7-13(8-6-11)28(26,27)25-15-4-2-3-14(19)16(15)17(23-25)24-9-12(20)10-24/h2-8,12H,9-10H2,1H3. The largest absolute Gasteiger partial charge is 0.349 e. The predicted octanol–water partition coefficient (Wildman–Crippen LogP) is 4.20. The average molecular weight is 430 g/mol. The van der Waals surface area contributed by atoms with E-state index in [9.17, 15) is 21.6 Å². The molecular weight excluding hydrogens is 415 g/mol. The van der Waals surface area contributed by atoms with Crippen LogP contribution in [0.5, 0.6) is 0 Å². The highest BCUT2D eigenvalue weighted by Crippen LogP contribution is 2.36. The van der Waals surface area contributed by atoms with Gasteiger partial charge >= 0.3 is 0 Å². The van der Waals surface area contributed by atoms with Gasteiger partial charge < -0.3 is 4.90 Å². The number of alkyl halides is 3. The van der Waals surface area contributed by atoms with E-state index in [1.54, 1.807) is 17.0 Å². The fourth-order valence-corrected chi connectivity index (χ4v) is 4.63. The van der Waals surface area contributed by atoms with Crippen LogP contribution in [0.15, 0.2) is 47.4 Å². The second kappa shape index (κ2) is 6.38. The summed E-state index contributed by atoms with van der Waals surface area (Å²) in [6.45, 7) is 0.923. The molecule has 1 aliphatic heterocycles. The molecule has 1 fully saturated rings. The van der Waals surface area contributed by atoms with Gasteiger partial charge in [-0.25, -0.2) is 13.2 Å². The molecule has 0 spiro atoms. The van der Waals surface area contributed by atoms with Crippen LogP contribution >= 0.6 is 11.6 Å². The molecule has 0 bridgehead atoms. The van der Waals surface area contributed by atoms with Crippen molar-refractivity contribution in [2.75, 3.05) is 18.0 Å². The highest BCUT2D eigenvalue weighted by atomic mass is 35.5. The second-order valence-corrected chi connectivity index (χ2v) is 8.90. The molecule has 0 aliphatic carbocycles. The van der Waals surface area contributed by atoms with Crippen LogP contribution < -0.4 is 4.90 Å². The fourth-order valence-electron chi connectivity index (χ4n) is 3.11. The molecule has 1 aromatic heterocycles. The van der Waals surface area contributed by atoms with Crippen molar-refractivity contribution in [3.63, 3.8) is 0 Å². The maximum atomic E-state index is 13.4. The summed E-state index contributed by atoms with van der Waals surface area (Å²) in [6, 6.07) is 9.07. The summed E-state index contributed by atoms with van der Waals surface area (Å²) in [5.41, 5.74) is -0.0650. The Bertz CT molecular complexity index is 1150. The summed E-state index contributed by atoms with van der Waals surface area (Å²) in [5, 5.41) is 4.87. The molecule has 0 radical (unpaired) electrons. The molecule has 0 atom stereocenters. The summed E-state index contributed by atoms with van der Waals surface area (Å²) in [5.74, 6) is -2.81. The first kappa shape index (κ1) is 19.1. The number of benzene rings is 2. The Hall–Kier alpha value is -2.26. The number of anilines is 1. The van der Waals surface area contributed by atoms with Crippen molar-refractivity contribution in [2.45, 2.75) is 23.9 Å². The third-order valence-electron chi connectivity index (χ3n) is 4.63. The lowest BCUT2D eigenvalue weighted by Crippen LogP contribution is -2.48. The molecule has 10 heteroatoms. The Morgan fingerprint density at radius 1 is 1.14 bits per heavy atom. The monoisotopic (exact) mass is 429 g/mol. The Balaban J connectivity index is 1.85. The first-order valence-corrected chi connectivity index (χ1v) is 10.2. The third kappa shape index (κ3) is 3.02. The van der Waals surface area contributed by atoms with Gasteiger partial charge in [0.15, 0.2) is 5.82 Å². The smallest absolute Gasteiger partial charge is 0.283 e. The van der Waals surface area contributed by atoms with Gasteiger partial charge in [0.05, 0.1) is 33.9 Å². The Labute approximate surface area is 164 Å². The SMILES string of the molecule is CC(F)(F)c1ccc(S(=O)(=O)n2nc(N3CC(F)C3)c3c(Cl)cccc32)cc1. The van der Waals surface area contributed by atoms with Crippen molar-refractivity contribution < 1.29 is 21.6 Å². The summed E-state index contributed by atoms with van der Waals surface area (Å²) >= 11 is 6.25. The number of hydrogen-bond donors (Lipinski definition) is 0. The predicted molar refractivity (Wildman–Crippen MR) is 100 cm³/mol. The molecule has 0 N–H and O–H groups in total. The van der Waals surface area contributed by atoms with Gasteiger partial charge in [-0.2, -0.15) is 12.5 Å². The second-order valence-electron chi connectivity index (χ2n) is 6.72. The third-order valence-corrected chi connectivity index (χ3v) is 6.55. The molecule has 3 aromatic rings. The molecule has 0 saturated carbocycles. The van der Waals surface area contributed by atoms with Gasteiger partial charge in [-0.15, -0.1) is 5.10 Å². The first-order chi connectivity index (χ1) is 13.1. The molecule has 2 heterocycles. The lowest BCUT2D eigenvalue weighted by atomic mass is 10.1. The summed E-state index contributed by atoms with van der Waals surface area (Å²) in [4.78, 5) is 1.41. The van der Waals surface area contributed by atoms with E-state index in [-0.39, 0.29) is 39.9 Å². The summed E-state index contributed by atoms with van der Waals surface area (Å²) in [7, 11) is -4.17. The lowest BCUT2D eigenvalue weighted by molar-refractivity contribution is 0.0174. The minimum Gasteiger partial charge on any atom is -0.349 e. The average Bonchev–Trinajstić information content (AvgIpc) is 3.00. The number of hydrogen-bond acceptors (Lipinski definition) is 4. The van der Waals surface area contributed by atoms with E-state index < -0.39 is 22.1 Å². The molecule has 2 aromatic carbocycles. The van der Waals surface area contributed by atoms with Crippen molar-refractivity contribution in [3.05, 3.63) is 53.1 Å². The van der Waals surface area contributed by atoms with Crippen molar-refractivity contribution in [1.82, 2.24) is 9.19 Å². The molecule has 148 valence electrons. The molecular formula is C18H15ClF3N3O2S. The van der Waals surface area contributed by atoms with Crippen LogP contribution in [-0.2, 0) is 15.9 Å². The molecule has 1 saturated heterocycles. The van der Waals surface area contributed by atoms with E-state index >= 15 is 0 Å². The molecule has 4 rings (SSSR count).